The van der Waals surface area contributed by atoms with Gasteiger partial charge >= 0.3 is 0 Å². The van der Waals surface area contributed by atoms with Crippen molar-refractivity contribution in [1.29, 1.82) is 0 Å². The lowest BCUT2D eigenvalue weighted by Crippen LogP contribution is -2.11. The molecular weight excluding hydrogens is 238 g/mol. The van der Waals surface area contributed by atoms with Crippen molar-refractivity contribution in [1.82, 2.24) is 0 Å². The van der Waals surface area contributed by atoms with Crippen molar-refractivity contribution < 1.29 is 8.42 Å². The first kappa shape index (κ1) is 8.19. The summed E-state index contributed by atoms with van der Waals surface area (Å²) < 4.78 is 21.9. The lowest BCUT2D eigenvalue weighted by molar-refractivity contribution is 0.598. The van der Waals surface area contributed by atoms with Crippen molar-refractivity contribution in [2.24, 2.45) is 5.14 Å². The molecule has 0 aliphatic rings. The van der Waals surface area contributed by atoms with E-state index in [-0.39, 0.29) is 4.90 Å². The van der Waals surface area contributed by atoms with Gasteiger partial charge in [-0.3, -0.25) is 0 Å². The first-order valence-electron chi connectivity index (χ1n) is 2.26. The maximum Gasteiger partial charge on any atom is 0.240 e. The number of rotatable bonds is 1. The van der Waals surface area contributed by atoms with Crippen LogP contribution >= 0.6 is 27.3 Å². The Bertz CT molecular complexity index is 329. The Kier molecular flexibility index (Phi) is 2.14. The molecule has 0 bridgehead atoms. The van der Waals surface area contributed by atoms with Crippen molar-refractivity contribution in [3.63, 3.8) is 0 Å². The summed E-state index contributed by atoms with van der Waals surface area (Å²) in [4.78, 5) is 0.150. The van der Waals surface area contributed by atoms with E-state index in [4.69, 9.17) is 5.14 Å². The molecular formula is C4H4BrNO2S2. The van der Waals surface area contributed by atoms with Gasteiger partial charge in [0.05, 0.1) is 0 Å². The van der Waals surface area contributed by atoms with Crippen LogP contribution in [0.25, 0.3) is 0 Å². The Labute approximate surface area is 71.0 Å². The Morgan fingerprint density at radius 1 is 1.50 bits per heavy atom. The summed E-state index contributed by atoms with van der Waals surface area (Å²) in [6, 6.07) is 0. The zero-order chi connectivity index (χ0) is 7.78. The Balaban J connectivity index is 3.32. The Morgan fingerprint density at radius 2 is 2.10 bits per heavy atom. The van der Waals surface area contributed by atoms with Crippen LogP contribution in [-0.2, 0) is 10.0 Å². The normalized spacial score (nSPS) is 11.8. The summed E-state index contributed by atoms with van der Waals surface area (Å²) in [7, 11) is -3.53. The highest BCUT2D eigenvalue weighted by Crippen LogP contribution is 2.24. The third kappa shape index (κ3) is 1.57. The van der Waals surface area contributed by atoms with Gasteiger partial charge in [0, 0.05) is 15.2 Å². The summed E-state index contributed by atoms with van der Waals surface area (Å²) in [6.07, 6.45) is 0. The molecule has 0 saturated carbocycles. The highest BCUT2D eigenvalue weighted by atomic mass is 79.9. The summed E-state index contributed by atoms with van der Waals surface area (Å²) in [5.41, 5.74) is 0. The van der Waals surface area contributed by atoms with E-state index in [9.17, 15) is 8.42 Å². The summed E-state index contributed by atoms with van der Waals surface area (Å²) >= 11 is 4.34. The zero-order valence-electron chi connectivity index (χ0n) is 4.74. The number of nitrogens with two attached hydrogens (primary N) is 1. The fourth-order valence-electron chi connectivity index (χ4n) is 0.473. The van der Waals surface area contributed by atoms with Crippen LogP contribution in [-0.4, -0.2) is 8.42 Å². The second kappa shape index (κ2) is 2.61. The fraction of sp³-hybridized carbons (Fsp3) is 0. The van der Waals surface area contributed by atoms with Crippen LogP contribution in [0, 0.1) is 0 Å². The van der Waals surface area contributed by atoms with Crippen molar-refractivity contribution in [3.05, 3.63) is 15.2 Å². The van der Waals surface area contributed by atoms with Gasteiger partial charge in [-0.1, -0.05) is 0 Å². The molecule has 0 radical (unpaired) electrons. The van der Waals surface area contributed by atoms with Gasteiger partial charge in [-0.25, -0.2) is 13.6 Å². The van der Waals surface area contributed by atoms with Gasteiger partial charge in [0.2, 0.25) is 10.0 Å². The molecule has 0 atom stereocenters. The minimum absolute atomic E-state index is 0.150. The smallest absolute Gasteiger partial charge is 0.225 e. The summed E-state index contributed by atoms with van der Waals surface area (Å²) in [5, 5.41) is 8.00. The van der Waals surface area contributed by atoms with E-state index in [1.54, 1.807) is 5.38 Å². The van der Waals surface area contributed by atoms with Crippen LogP contribution in [0.2, 0.25) is 0 Å². The third-order valence-corrected chi connectivity index (χ3v) is 3.95. The van der Waals surface area contributed by atoms with Crippen molar-refractivity contribution in [2.45, 2.75) is 4.90 Å². The third-order valence-electron chi connectivity index (χ3n) is 0.889. The fourth-order valence-corrected chi connectivity index (χ4v) is 3.41. The molecule has 0 unspecified atom stereocenters. The number of sulfonamides is 1. The van der Waals surface area contributed by atoms with E-state index in [1.165, 1.54) is 16.7 Å². The molecule has 1 rings (SSSR count). The second-order valence-electron chi connectivity index (χ2n) is 1.63. The predicted molar refractivity (Wildman–Crippen MR) is 43.4 cm³/mol. The van der Waals surface area contributed by atoms with Gasteiger partial charge in [0.15, 0.2) is 0 Å². The highest BCUT2D eigenvalue weighted by Gasteiger charge is 2.11. The van der Waals surface area contributed by atoms with E-state index < -0.39 is 10.0 Å². The average molecular weight is 242 g/mol. The van der Waals surface area contributed by atoms with Crippen LogP contribution in [0.15, 0.2) is 20.1 Å². The molecule has 1 aromatic rings. The standard InChI is InChI=1S/C4H4BrNO2S2/c5-3-1-9-2-4(3)10(6,7)8/h1-2H,(H2,6,7,8). The topological polar surface area (TPSA) is 60.2 Å². The molecule has 0 spiro atoms. The average Bonchev–Trinajstić information content (AvgIpc) is 2.11. The lowest BCUT2D eigenvalue weighted by Gasteiger charge is -1.91. The Morgan fingerprint density at radius 3 is 2.30 bits per heavy atom. The molecule has 56 valence electrons. The molecule has 3 nitrogen and oxygen atoms in total. The Hall–Kier alpha value is 0.0900. The minimum Gasteiger partial charge on any atom is -0.225 e. The summed E-state index contributed by atoms with van der Waals surface area (Å²) in [5.74, 6) is 0. The molecule has 6 heteroatoms. The number of hydrogen-bond acceptors (Lipinski definition) is 3. The van der Waals surface area contributed by atoms with Gasteiger partial charge in [-0.15, -0.1) is 11.3 Å². The summed E-state index contributed by atoms with van der Waals surface area (Å²) in [6.45, 7) is 0. The number of thiophene rings is 1. The van der Waals surface area contributed by atoms with Crippen molar-refractivity contribution in [2.75, 3.05) is 0 Å². The van der Waals surface area contributed by atoms with Crippen LogP contribution in [0.5, 0.6) is 0 Å². The zero-order valence-corrected chi connectivity index (χ0v) is 7.96. The SMILES string of the molecule is NS(=O)(=O)c1cscc1Br. The van der Waals surface area contributed by atoms with Crippen LogP contribution in [0.1, 0.15) is 0 Å². The molecule has 10 heavy (non-hydrogen) atoms. The van der Waals surface area contributed by atoms with Crippen molar-refractivity contribution in [3.8, 4) is 0 Å². The molecule has 0 aromatic carbocycles. The maximum atomic E-state index is 10.7. The number of hydrogen-bond donors (Lipinski definition) is 1. The maximum absolute atomic E-state index is 10.7. The first-order chi connectivity index (χ1) is 4.52. The minimum atomic E-state index is -3.53. The van der Waals surface area contributed by atoms with Crippen molar-refractivity contribution >= 4 is 37.3 Å². The molecule has 0 aliphatic heterocycles. The van der Waals surface area contributed by atoms with E-state index in [2.05, 4.69) is 15.9 Å². The van der Waals surface area contributed by atoms with E-state index in [0.29, 0.717) is 4.47 Å². The molecule has 0 amide bonds. The predicted octanol–water partition coefficient (Wildman–Crippen LogP) is 1.16. The second-order valence-corrected chi connectivity index (χ2v) is 4.76. The molecule has 2 N–H and O–H groups in total. The van der Waals surface area contributed by atoms with Gasteiger partial charge in [-0.2, -0.15) is 0 Å². The largest absolute Gasteiger partial charge is 0.240 e. The number of primary sulfonamides is 1. The number of halogens is 1. The van der Waals surface area contributed by atoms with E-state index in [0.717, 1.165) is 0 Å². The molecule has 1 aromatic heterocycles. The monoisotopic (exact) mass is 241 g/mol. The molecule has 0 saturated heterocycles. The quantitative estimate of drug-likeness (QED) is 0.803. The van der Waals surface area contributed by atoms with Crippen LogP contribution in [0.4, 0.5) is 0 Å². The van der Waals surface area contributed by atoms with Crippen LogP contribution < -0.4 is 5.14 Å². The highest BCUT2D eigenvalue weighted by molar-refractivity contribution is 9.10. The van der Waals surface area contributed by atoms with Gasteiger partial charge in [0.25, 0.3) is 0 Å². The van der Waals surface area contributed by atoms with Gasteiger partial charge in [0.1, 0.15) is 4.90 Å². The molecule has 0 aliphatic carbocycles. The van der Waals surface area contributed by atoms with E-state index in [1.807, 2.05) is 0 Å². The molecule has 0 fully saturated rings. The molecule has 1 heterocycles. The van der Waals surface area contributed by atoms with Crippen LogP contribution in [0.3, 0.4) is 0 Å². The first-order valence-corrected chi connectivity index (χ1v) is 5.54. The van der Waals surface area contributed by atoms with Gasteiger partial charge in [-0.05, 0) is 15.9 Å². The van der Waals surface area contributed by atoms with Gasteiger partial charge < -0.3 is 0 Å². The lowest BCUT2D eigenvalue weighted by atomic mass is 10.7. The van der Waals surface area contributed by atoms with E-state index >= 15 is 0 Å².